The van der Waals surface area contributed by atoms with Gasteiger partial charge in [0.2, 0.25) is 0 Å². The predicted molar refractivity (Wildman–Crippen MR) is 83.9 cm³/mol. The SMILES string of the molecule is CN(C)CC(C)(O)CNc1cccc(S(C)(=O)=O)c1[N+](=O)[O-]. The molecule has 1 rings (SSSR count). The Morgan fingerprint density at radius 3 is 2.45 bits per heavy atom. The van der Waals surface area contributed by atoms with Gasteiger partial charge in [-0.25, -0.2) is 8.42 Å². The number of nitrogens with one attached hydrogen (secondary N) is 1. The van der Waals surface area contributed by atoms with E-state index in [0.717, 1.165) is 6.26 Å². The fourth-order valence-corrected chi connectivity index (χ4v) is 3.04. The van der Waals surface area contributed by atoms with Gasteiger partial charge in [-0.05, 0) is 33.2 Å². The Morgan fingerprint density at radius 2 is 2.00 bits per heavy atom. The molecule has 0 saturated carbocycles. The Kier molecular flexibility index (Phi) is 5.49. The van der Waals surface area contributed by atoms with Crippen molar-refractivity contribution in [2.24, 2.45) is 0 Å². The van der Waals surface area contributed by atoms with Crippen LogP contribution >= 0.6 is 0 Å². The molecule has 1 aromatic carbocycles. The fraction of sp³-hybridized carbons (Fsp3) is 0.538. The number of para-hydroxylation sites is 1. The molecule has 8 nitrogen and oxygen atoms in total. The van der Waals surface area contributed by atoms with Crippen LogP contribution in [0.5, 0.6) is 0 Å². The number of rotatable bonds is 7. The summed E-state index contributed by atoms with van der Waals surface area (Å²) in [4.78, 5) is 11.9. The molecule has 1 atom stereocenters. The van der Waals surface area contributed by atoms with E-state index in [0.29, 0.717) is 6.54 Å². The zero-order valence-electron chi connectivity index (χ0n) is 13.0. The molecule has 22 heavy (non-hydrogen) atoms. The van der Waals surface area contributed by atoms with E-state index in [4.69, 9.17) is 0 Å². The van der Waals surface area contributed by atoms with Crippen LogP contribution in [0.2, 0.25) is 0 Å². The molecule has 124 valence electrons. The van der Waals surface area contributed by atoms with E-state index in [1.807, 2.05) is 0 Å². The number of hydrogen-bond acceptors (Lipinski definition) is 7. The third-order valence-electron chi connectivity index (χ3n) is 2.90. The Morgan fingerprint density at radius 1 is 1.41 bits per heavy atom. The summed E-state index contributed by atoms with van der Waals surface area (Å²) in [6.07, 6.45) is 0.918. The summed E-state index contributed by atoms with van der Waals surface area (Å²) in [5, 5.41) is 24.2. The molecule has 0 amide bonds. The van der Waals surface area contributed by atoms with Gasteiger partial charge < -0.3 is 15.3 Å². The smallest absolute Gasteiger partial charge is 0.310 e. The van der Waals surface area contributed by atoms with E-state index in [9.17, 15) is 23.6 Å². The number of likely N-dealkylation sites (N-methyl/N-ethyl adjacent to an activating group) is 1. The van der Waals surface area contributed by atoms with Crippen LogP contribution in [0.1, 0.15) is 6.92 Å². The molecular formula is C13H21N3O5S. The van der Waals surface area contributed by atoms with Crippen LogP contribution in [0.3, 0.4) is 0 Å². The Bertz CT molecular complexity index is 656. The van der Waals surface area contributed by atoms with Crippen LogP contribution in [-0.2, 0) is 9.84 Å². The van der Waals surface area contributed by atoms with Gasteiger partial charge in [-0.3, -0.25) is 10.1 Å². The standard InChI is InChI=1S/C13H21N3O5S/c1-13(17,9-15(2)3)8-14-10-6-5-7-11(22(4,20)21)12(10)16(18)19/h5-7,14,17H,8-9H2,1-4H3. The first-order chi connectivity index (χ1) is 9.94. The Labute approximate surface area is 129 Å². The molecule has 0 aromatic heterocycles. The molecule has 2 N–H and O–H groups in total. The summed E-state index contributed by atoms with van der Waals surface area (Å²) in [6, 6.07) is 4.03. The number of sulfone groups is 1. The molecular weight excluding hydrogens is 310 g/mol. The van der Waals surface area contributed by atoms with Crippen LogP contribution in [0.15, 0.2) is 23.1 Å². The molecule has 0 bridgehead atoms. The van der Waals surface area contributed by atoms with E-state index < -0.39 is 26.0 Å². The van der Waals surface area contributed by atoms with Crippen molar-refractivity contribution >= 4 is 21.2 Å². The maximum Gasteiger partial charge on any atom is 0.310 e. The average molecular weight is 331 g/mol. The van der Waals surface area contributed by atoms with Crippen LogP contribution in [-0.4, -0.2) is 62.4 Å². The topological polar surface area (TPSA) is 113 Å². The first kappa shape index (κ1) is 18.3. The van der Waals surface area contributed by atoms with Gasteiger partial charge >= 0.3 is 5.69 Å². The van der Waals surface area contributed by atoms with E-state index >= 15 is 0 Å². The number of nitrogens with zero attached hydrogens (tertiary/aromatic N) is 2. The minimum atomic E-state index is -3.73. The molecule has 0 aliphatic heterocycles. The van der Waals surface area contributed by atoms with Gasteiger partial charge in [0, 0.05) is 19.3 Å². The van der Waals surface area contributed by atoms with Crippen molar-refractivity contribution in [3.8, 4) is 0 Å². The van der Waals surface area contributed by atoms with E-state index in [-0.39, 0.29) is 17.1 Å². The normalized spacial score (nSPS) is 14.6. The minimum Gasteiger partial charge on any atom is -0.387 e. The van der Waals surface area contributed by atoms with Gasteiger partial charge in [0.05, 0.1) is 10.5 Å². The second-order valence-electron chi connectivity index (χ2n) is 5.77. The predicted octanol–water partition coefficient (Wildman–Crippen LogP) is 0.723. The van der Waals surface area contributed by atoms with E-state index in [2.05, 4.69) is 5.32 Å². The van der Waals surface area contributed by atoms with Crippen LogP contribution in [0, 0.1) is 10.1 Å². The summed E-state index contributed by atoms with van der Waals surface area (Å²) in [7, 11) is -0.140. The minimum absolute atomic E-state index is 0.0409. The first-order valence-corrected chi connectivity index (χ1v) is 8.41. The molecule has 1 aromatic rings. The number of hydrogen-bond donors (Lipinski definition) is 2. The third-order valence-corrected chi connectivity index (χ3v) is 4.03. The number of nitro groups is 1. The summed E-state index contributed by atoms with van der Waals surface area (Å²) in [5.74, 6) is 0. The lowest BCUT2D eigenvalue weighted by molar-refractivity contribution is -0.386. The highest BCUT2D eigenvalue weighted by molar-refractivity contribution is 7.90. The maximum absolute atomic E-state index is 11.7. The Hall–Kier alpha value is -1.71. The van der Waals surface area contributed by atoms with Gasteiger partial charge in [-0.15, -0.1) is 0 Å². The highest BCUT2D eigenvalue weighted by atomic mass is 32.2. The summed E-state index contributed by atoms with van der Waals surface area (Å²) < 4.78 is 23.3. The largest absolute Gasteiger partial charge is 0.387 e. The van der Waals surface area contributed by atoms with Crippen molar-refractivity contribution in [2.75, 3.05) is 38.8 Å². The summed E-state index contributed by atoms with van der Waals surface area (Å²) >= 11 is 0. The highest BCUT2D eigenvalue weighted by Crippen LogP contribution is 2.32. The van der Waals surface area contributed by atoms with Gasteiger partial charge in [0.25, 0.3) is 0 Å². The van der Waals surface area contributed by atoms with Crippen molar-refractivity contribution in [3.63, 3.8) is 0 Å². The second kappa shape index (κ2) is 6.59. The number of anilines is 1. The zero-order valence-corrected chi connectivity index (χ0v) is 13.8. The van der Waals surface area contributed by atoms with Crippen molar-refractivity contribution in [2.45, 2.75) is 17.4 Å². The molecule has 0 aliphatic rings. The van der Waals surface area contributed by atoms with Crippen LogP contribution in [0.4, 0.5) is 11.4 Å². The molecule has 0 heterocycles. The van der Waals surface area contributed by atoms with Gasteiger partial charge in [-0.2, -0.15) is 0 Å². The van der Waals surface area contributed by atoms with Gasteiger partial charge in [-0.1, -0.05) is 6.07 Å². The van der Waals surface area contributed by atoms with Crippen LogP contribution in [0.25, 0.3) is 0 Å². The van der Waals surface area contributed by atoms with Crippen molar-refractivity contribution < 1.29 is 18.4 Å². The fourth-order valence-electron chi connectivity index (χ4n) is 2.18. The van der Waals surface area contributed by atoms with Crippen molar-refractivity contribution in [1.82, 2.24) is 4.90 Å². The molecule has 0 saturated heterocycles. The Balaban J connectivity index is 3.14. The summed E-state index contributed by atoms with van der Waals surface area (Å²) in [5.41, 5.74) is -1.57. The van der Waals surface area contributed by atoms with Crippen LogP contribution < -0.4 is 5.32 Å². The lowest BCUT2D eigenvalue weighted by Gasteiger charge is -2.27. The molecule has 0 fully saturated rings. The van der Waals surface area contributed by atoms with Crippen molar-refractivity contribution in [1.29, 1.82) is 0 Å². The van der Waals surface area contributed by atoms with E-state index in [1.165, 1.54) is 18.2 Å². The lowest BCUT2D eigenvalue weighted by atomic mass is 10.1. The monoisotopic (exact) mass is 331 g/mol. The first-order valence-electron chi connectivity index (χ1n) is 6.52. The maximum atomic E-state index is 11.7. The highest BCUT2D eigenvalue weighted by Gasteiger charge is 2.28. The second-order valence-corrected chi connectivity index (χ2v) is 7.75. The molecule has 0 radical (unpaired) electrons. The van der Waals surface area contributed by atoms with Crippen molar-refractivity contribution in [3.05, 3.63) is 28.3 Å². The average Bonchev–Trinajstić information content (AvgIpc) is 2.33. The van der Waals surface area contributed by atoms with E-state index in [1.54, 1.807) is 25.9 Å². The molecule has 0 aliphatic carbocycles. The number of aliphatic hydroxyl groups is 1. The third kappa shape index (κ3) is 4.93. The summed E-state index contributed by atoms with van der Waals surface area (Å²) in [6.45, 7) is 1.98. The number of nitro benzene ring substituents is 1. The van der Waals surface area contributed by atoms with Gasteiger partial charge in [0.15, 0.2) is 9.84 Å². The molecule has 9 heteroatoms. The number of benzene rings is 1. The quantitative estimate of drug-likeness (QED) is 0.559. The zero-order chi connectivity index (χ0) is 17.1. The molecule has 1 unspecified atom stereocenters. The lowest BCUT2D eigenvalue weighted by Crippen LogP contribution is -2.43. The van der Waals surface area contributed by atoms with Gasteiger partial charge in [0.1, 0.15) is 10.6 Å². The molecule has 0 spiro atoms.